The first-order chi connectivity index (χ1) is 9.66. The Bertz CT molecular complexity index is 257. The Morgan fingerprint density at radius 3 is 2.25 bits per heavy atom. The van der Waals surface area contributed by atoms with Crippen LogP contribution in [0.4, 0.5) is 0 Å². The minimum absolute atomic E-state index is 0.645. The van der Waals surface area contributed by atoms with Crippen molar-refractivity contribution >= 4 is 0 Å². The molecule has 0 atom stereocenters. The number of unbranched alkanes of at least 4 members (excludes halogenated alkanes) is 1. The summed E-state index contributed by atoms with van der Waals surface area (Å²) in [6, 6.07) is 0.645. The molecule has 118 valence electrons. The normalized spacial score (nSPS) is 32.1. The van der Waals surface area contributed by atoms with Crippen LogP contribution in [0.25, 0.3) is 0 Å². The van der Waals surface area contributed by atoms with Crippen molar-refractivity contribution in [3.05, 3.63) is 0 Å². The molecule has 0 bridgehead atoms. The Morgan fingerprint density at radius 1 is 1.05 bits per heavy atom. The van der Waals surface area contributed by atoms with Crippen LogP contribution in [0.1, 0.15) is 91.4 Å². The lowest BCUT2D eigenvalue weighted by atomic mass is 9.62. The van der Waals surface area contributed by atoms with Crippen LogP contribution < -0.4 is 5.32 Å². The van der Waals surface area contributed by atoms with Crippen molar-refractivity contribution in [1.82, 2.24) is 5.32 Å². The van der Waals surface area contributed by atoms with Crippen LogP contribution in [0, 0.1) is 17.3 Å². The van der Waals surface area contributed by atoms with E-state index >= 15 is 0 Å². The topological polar surface area (TPSA) is 12.0 Å². The van der Waals surface area contributed by atoms with Crippen LogP contribution in [0.2, 0.25) is 0 Å². The molecule has 2 rings (SSSR count). The molecule has 1 N–H and O–H groups in total. The maximum Gasteiger partial charge on any atom is 0.00128 e. The number of nitrogens with one attached hydrogen (secondary N) is 1. The summed E-state index contributed by atoms with van der Waals surface area (Å²) in [4.78, 5) is 0. The van der Waals surface area contributed by atoms with Gasteiger partial charge in [-0.05, 0) is 55.8 Å². The van der Waals surface area contributed by atoms with Gasteiger partial charge in [-0.2, -0.15) is 0 Å². The second kappa shape index (κ2) is 7.82. The van der Waals surface area contributed by atoms with E-state index in [0.717, 1.165) is 11.8 Å². The van der Waals surface area contributed by atoms with Crippen molar-refractivity contribution in [2.45, 2.75) is 97.4 Å². The lowest BCUT2D eigenvalue weighted by Gasteiger charge is -2.45. The fourth-order valence-electron chi connectivity index (χ4n) is 4.71. The lowest BCUT2D eigenvalue weighted by Crippen LogP contribution is -2.44. The van der Waals surface area contributed by atoms with Gasteiger partial charge in [0.15, 0.2) is 0 Å². The first-order valence-electron chi connectivity index (χ1n) is 9.39. The average molecular weight is 280 g/mol. The molecule has 2 aliphatic rings. The van der Waals surface area contributed by atoms with Gasteiger partial charge in [0.25, 0.3) is 0 Å². The number of hydrogen-bond acceptors (Lipinski definition) is 1. The van der Waals surface area contributed by atoms with E-state index in [1.54, 1.807) is 0 Å². The molecule has 0 aliphatic heterocycles. The van der Waals surface area contributed by atoms with Gasteiger partial charge >= 0.3 is 0 Å². The van der Waals surface area contributed by atoms with E-state index in [1.165, 1.54) is 77.2 Å². The quantitative estimate of drug-likeness (QED) is 0.645. The second-order valence-electron chi connectivity index (χ2n) is 7.96. The molecule has 0 unspecified atom stereocenters. The summed E-state index contributed by atoms with van der Waals surface area (Å²) in [5.74, 6) is 2.07. The highest BCUT2D eigenvalue weighted by atomic mass is 14.9. The third-order valence-corrected chi connectivity index (χ3v) is 6.15. The van der Waals surface area contributed by atoms with Gasteiger partial charge in [-0.25, -0.2) is 0 Å². The third kappa shape index (κ3) is 4.23. The average Bonchev–Trinajstić information content (AvgIpc) is 2.99. The highest BCUT2D eigenvalue weighted by Gasteiger charge is 2.42. The molecule has 20 heavy (non-hydrogen) atoms. The van der Waals surface area contributed by atoms with E-state index in [0.29, 0.717) is 11.5 Å². The van der Waals surface area contributed by atoms with Crippen LogP contribution in [0.15, 0.2) is 0 Å². The largest absolute Gasteiger partial charge is 0.314 e. The van der Waals surface area contributed by atoms with Crippen molar-refractivity contribution < 1.29 is 0 Å². The Hall–Kier alpha value is -0.0400. The van der Waals surface area contributed by atoms with Gasteiger partial charge in [0.2, 0.25) is 0 Å². The first kappa shape index (κ1) is 16.3. The van der Waals surface area contributed by atoms with Crippen molar-refractivity contribution in [3.63, 3.8) is 0 Å². The Kier molecular flexibility index (Phi) is 6.39. The molecule has 0 spiro atoms. The minimum Gasteiger partial charge on any atom is -0.314 e. The fraction of sp³-hybridized carbons (Fsp3) is 1.00. The molecule has 0 radical (unpaired) electrons. The summed E-state index contributed by atoms with van der Waals surface area (Å²) in [7, 11) is 0. The molecule has 0 aromatic heterocycles. The first-order valence-corrected chi connectivity index (χ1v) is 9.39. The van der Waals surface area contributed by atoms with E-state index in [-0.39, 0.29) is 0 Å². The van der Waals surface area contributed by atoms with Gasteiger partial charge in [0.1, 0.15) is 0 Å². The smallest absolute Gasteiger partial charge is 0.00128 e. The number of hydrogen-bond donors (Lipinski definition) is 1. The molecule has 0 heterocycles. The number of rotatable bonds is 7. The molecule has 0 aromatic carbocycles. The summed E-state index contributed by atoms with van der Waals surface area (Å²) in [5, 5.41) is 3.79. The summed E-state index contributed by atoms with van der Waals surface area (Å²) in [6.07, 6.45) is 16.4. The van der Waals surface area contributed by atoms with E-state index in [1.807, 2.05) is 0 Å². The van der Waals surface area contributed by atoms with Crippen molar-refractivity contribution in [2.75, 3.05) is 6.54 Å². The van der Waals surface area contributed by atoms with Gasteiger partial charge < -0.3 is 5.32 Å². The van der Waals surface area contributed by atoms with E-state index in [4.69, 9.17) is 0 Å². The fourth-order valence-corrected chi connectivity index (χ4v) is 4.71. The molecule has 1 nitrogen and oxygen atoms in total. The molecule has 1 heteroatoms. The van der Waals surface area contributed by atoms with Crippen LogP contribution in [-0.2, 0) is 0 Å². The molecule has 0 aromatic rings. The van der Waals surface area contributed by atoms with Gasteiger partial charge in [0.05, 0.1) is 0 Å². The Balaban J connectivity index is 1.91. The van der Waals surface area contributed by atoms with E-state index in [9.17, 15) is 0 Å². The van der Waals surface area contributed by atoms with Crippen molar-refractivity contribution in [3.8, 4) is 0 Å². The molecular weight excluding hydrogens is 242 g/mol. The molecule has 2 fully saturated rings. The predicted molar refractivity (Wildman–Crippen MR) is 89.0 cm³/mol. The predicted octanol–water partition coefficient (Wildman–Crippen LogP) is 5.54. The molecule has 2 saturated carbocycles. The lowest BCUT2D eigenvalue weighted by molar-refractivity contribution is 0.0687. The summed E-state index contributed by atoms with van der Waals surface area (Å²) >= 11 is 0. The maximum atomic E-state index is 3.79. The second-order valence-corrected chi connectivity index (χ2v) is 7.96. The SMILES string of the molecule is CCCCC1CCC(CNC(C)C)(C2CCCC2)CC1. The zero-order chi connectivity index (χ0) is 14.4. The highest BCUT2D eigenvalue weighted by Crippen LogP contribution is 2.50. The maximum absolute atomic E-state index is 3.79. The van der Waals surface area contributed by atoms with Crippen molar-refractivity contribution in [2.24, 2.45) is 17.3 Å². The van der Waals surface area contributed by atoms with E-state index in [2.05, 4.69) is 26.1 Å². The minimum atomic E-state index is 0.645. The molecular formula is C19H37N. The monoisotopic (exact) mass is 279 g/mol. The zero-order valence-corrected chi connectivity index (χ0v) is 14.2. The standard InChI is InChI=1S/C19H37N/c1-4-5-8-17-11-13-19(14-12-17,15-20-16(2)3)18-9-6-7-10-18/h16-18,20H,4-15H2,1-3H3. The van der Waals surface area contributed by atoms with Crippen LogP contribution in [0.5, 0.6) is 0 Å². The summed E-state index contributed by atoms with van der Waals surface area (Å²) < 4.78 is 0. The van der Waals surface area contributed by atoms with Crippen LogP contribution in [0.3, 0.4) is 0 Å². The Labute approximate surface area is 127 Å². The molecule has 0 saturated heterocycles. The molecule has 2 aliphatic carbocycles. The van der Waals surface area contributed by atoms with Gasteiger partial charge in [-0.3, -0.25) is 0 Å². The van der Waals surface area contributed by atoms with Crippen LogP contribution >= 0.6 is 0 Å². The summed E-state index contributed by atoms with van der Waals surface area (Å²) in [5.41, 5.74) is 0.656. The highest BCUT2D eigenvalue weighted by molar-refractivity contribution is 4.94. The van der Waals surface area contributed by atoms with E-state index < -0.39 is 0 Å². The van der Waals surface area contributed by atoms with Gasteiger partial charge in [-0.1, -0.05) is 52.9 Å². The van der Waals surface area contributed by atoms with Crippen LogP contribution in [-0.4, -0.2) is 12.6 Å². The zero-order valence-electron chi connectivity index (χ0n) is 14.2. The Morgan fingerprint density at radius 2 is 1.70 bits per heavy atom. The summed E-state index contributed by atoms with van der Waals surface area (Å²) in [6.45, 7) is 8.22. The van der Waals surface area contributed by atoms with Gasteiger partial charge in [0, 0.05) is 12.6 Å². The third-order valence-electron chi connectivity index (χ3n) is 6.15. The van der Waals surface area contributed by atoms with Gasteiger partial charge in [-0.15, -0.1) is 0 Å². The van der Waals surface area contributed by atoms with Crippen molar-refractivity contribution in [1.29, 1.82) is 0 Å². The molecule has 0 amide bonds.